The highest BCUT2D eigenvalue weighted by Gasteiger charge is 2.28. The fourth-order valence-corrected chi connectivity index (χ4v) is 3.21. The average molecular weight is 337 g/mol. The van der Waals surface area contributed by atoms with Gasteiger partial charge in [-0.15, -0.1) is 0 Å². The molecule has 1 aromatic heterocycles. The lowest BCUT2D eigenvalue weighted by Gasteiger charge is -2.31. The quantitative estimate of drug-likeness (QED) is 0.791. The maximum Gasteiger partial charge on any atom is 0.248 e. The van der Waals surface area contributed by atoms with Crippen LogP contribution in [0.4, 0.5) is 0 Å². The van der Waals surface area contributed by atoms with Gasteiger partial charge >= 0.3 is 0 Å². The fraction of sp³-hybridized carbons (Fsp3) is 0.824. The summed E-state index contributed by atoms with van der Waals surface area (Å²) in [7, 11) is 0. The van der Waals surface area contributed by atoms with Gasteiger partial charge in [0.2, 0.25) is 11.8 Å². The van der Waals surface area contributed by atoms with Gasteiger partial charge in [0.15, 0.2) is 5.82 Å². The van der Waals surface area contributed by atoms with Gasteiger partial charge in [0, 0.05) is 31.5 Å². The minimum absolute atomic E-state index is 0.0327. The third kappa shape index (κ3) is 4.33. The summed E-state index contributed by atoms with van der Waals surface area (Å²) in [5.74, 6) is 1.78. The average Bonchev–Trinajstić information content (AvgIpc) is 3.26. The molecule has 0 aliphatic carbocycles. The molecule has 1 aromatic rings. The van der Waals surface area contributed by atoms with Crippen molar-refractivity contribution < 1.29 is 18.8 Å². The van der Waals surface area contributed by atoms with E-state index in [4.69, 9.17) is 14.0 Å². The van der Waals surface area contributed by atoms with E-state index in [1.165, 1.54) is 0 Å². The van der Waals surface area contributed by atoms with E-state index in [-0.39, 0.29) is 30.5 Å². The summed E-state index contributed by atoms with van der Waals surface area (Å²) < 4.78 is 16.3. The van der Waals surface area contributed by atoms with E-state index in [0.717, 1.165) is 44.7 Å². The van der Waals surface area contributed by atoms with Crippen molar-refractivity contribution in [2.24, 2.45) is 0 Å². The second-order valence-corrected chi connectivity index (χ2v) is 6.97. The largest absolute Gasteiger partial charge is 0.376 e. The van der Waals surface area contributed by atoms with Crippen molar-refractivity contribution in [1.82, 2.24) is 15.0 Å². The van der Waals surface area contributed by atoms with Crippen LogP contribution in [0.25, 0.3) is 0 Å². The number of rotatable bonds is 6. The van der Waals surface area contributed by atoms with E-state index in [0.29, 0.717) is 19.0 Å². The molecule has 1 amide bonds. The lowest BCUT2D eigenvalue weighted by molar-refractivity contribution is -0.138. The molecule has 0 radical (unpaired) electrons. The number of carbonyl (C=O) groups excluding carboxylic acids is 1. The van der Waals surface area contributed by atoms with Crippen molar-refractivity contribution in [2.45, 2.75) is 57.5 Å². The molecule has 2 saturated heterocycles. The van der Waals surface area contributed by atoms with Crippen molar-refractivity contribution in [3.8, 4) is 0 Å². The fourth-order valence-electron chi connectivity index (χ4n) is 3.21. The SMILES string of the molecule is CC(C)c1nc([C@H]2CCCN(C(=O)COC[C@H]3CCCO3)C2)no1. The molecule has 0 saturated carbocycles. The topological polar surface area (TPSA) is 77.7 Å². The number of ether oxygens (including phenoxy) is 2. The van der Waals surface area contributed by atoms with Crippen LogP contribution in [0.15, 0.2) is 4.52 Å². The highest BCUT2D eigenvalue weighted by atomic mass is 16.5. The molecular weight excluding hydrogens is 310 g/mol. The minimum Gasteiger partial charge on any atom is -0.376 e. The Morgan fingerprint density at radius 2 is 2.25 bits per heavy atom. The second kappa shape index (κ2) is 8.07. The third-order valence-corrected chi connectivity index (χ3v) is 4.64. The predicted molar refractivity (Wildman–Crippen MR) is 86.7 cm³/mol. The molecule has 2 aliphatic heterocycles. The summed E-state index contributed by atoms with van der Waals surface area (Å²) in [4.78, 5) is 18.7. The maximum atomic E-state index is 12.4. The number of aromatic nitrogens is 2. The van der Waals surface area contributed by atoms with Crippen LogP contribution in [0, 0.1) is 0 Å². The summed E-state index contributed by atoms with van der Waals surface area (Å²) in [6.45, 7) is 6.89. The standard InChI is InChI=1S/C17H27N3O4/c1-12(2)17-18-16(19-24-17)13-5-3-7-20(9-13)15(21)11-22-10-14-6-4-8-23-14/h12-14H,3-11H2,1-2H3/t13-,14+/m0/s1. The molecule has 7 nitrogen and oxygen atoms in total. The molecule has 3 heterocycles. The first kappa shape index (κ1) is 17.4. The lowest BCUT2D eigenvalue weighted by atomic mass is 9.97. The Balaban J connectivity index is 1.47. The van der Waals surface area contributed by atoms with E-state index >= 15 is 0 Å². The van der Waals surface area contributed by atoms with E-state index in [2.05, 4.69) is 10.1 Å². The first-order chi connectivity index (χ1) is 11.6. The summed E-state index contributed by atoms with van der Waals surface area (Å²) in [5.41, 5.74) is 0. The van der Waals surface area contributed by atoms with Gasteiger partial charge in [0.05, 0.1) is 12.7 Å². The highest BCUT2D eigenvalue weighted by Crippen LogP contribution is 2.26. The molecule has 0 unspecified atom stereocenters. The Hall–Kier alpha value is -1.47. The number of carbonyl (C=O) groups is 1. The zero-order valence-electron chi connectivity index (χ0n) is 14.6. The van der Waals surface area contributed by atoms with E-state index in [1.807, 2.05) is 18.7 Å². The summed E-state index contributed by atoms with van der Waals surface area (Å²) in [6, 6.07) is 0. The van der Waals surface area contributed by atoms with Crippen LogP contribution in [0.3, 0.4) is 0 Å². The number of hydrogen-bond acceptors (Lipinski definition) is 6. The first-order valence-corrected chi connectivity index (χ1v) is 8.94. The van der Waals surface area contributed by atoms with Gasteiger partial charge < -0.3 is 18.9 Å². The van der Waals surface area contributed by atoms with Gasteiger partial charge in [-0.2, -0.15) is 4.98 Å². The Bertz CT molecular complexity index is 540. The molecule has 7 heteroatoms. The van der Waals surface area contributed by atoms with E-state index in [1.54, 1.807) is 0 Å². The Morgan fingerprint density at radius 1 is 1.38 bits per heavy atom. The van der Waals surface area contributed by atoms with Crippen LogP contribution < -0.4 is 0 Å². The molecule has 0 N–H and O–H groups in total. The molecule has 2 fully saturated rings. The zero-order valence-corrected chi connectivity index (χ0v) is 14.6. The molecule has 0 spiro atoms. The van der Waals surface area contributed by atoms with Crippen molar-refractivity contribution >= 4 is 5.91 Å². The summed E-state index contributed by atoms with van der Waals surface area (Å²) >= 11 is 0. The van der Waals surface area contributed by atoms with E-state index < -0.39 is 0 Å². The summed E-state index contributed by atoms with van der Waals surface area (Å²) in [6.07, 6.45) is 4.20. The molecule has 3 rings (SSSR count). The molecule has 0 aromatic carbocycles. The van der Waals surface area contributed by atoms with Gasteiger partial charge in [0.25, 0.3) is 0 Å². The number of piperidine rings is 1. The molecule has 24 heavy (non-hydrogen) atoms. The molecule has 2 aliphatic rings. The smallest absolute Gasteiger partial charge is 0.248 e. The second-order valence-electron chi connectivity index (χ2n) is 6.97. The van der Waals surface area contributed by atoms with Gasteiger partial charge in [0.1, 0.15) is 6.61 Å². The number of nitrogens with zero attached hydrogens (tertiary/aromatic N) is 3. The van der Waals surface area contributed by atoms with Crippen molar-refractivity contribution in [2.75, 3.05) is 32.9 Å². The normalized spacial score (nSPS) is 24.7. The molecule has 0 bridgehead atoms. The van der Waals surface area contributed by atoms with Crippen LogP contribution in [0.5, 0.6) is 0 Å². The number of hydrogen-bond donors (Lipinski definition) is 0. The third-order valence-electron chi connectivity index (χ3n) is 4.64. The number of likely N-dealkylation sites (tertiary alicyclic amines) is 1. The summed E-state index contributed by atoms with van der Waals surface area (Å²) in [5, 5.41) is 4.10. The van der Waals surface area contributed by atoms with Gasteiger partial charge in [-0.25, -0.2) is 0 Å². The van der Waals surface area contributed by atoms with Crippen LogP contribution in [-0.4, -0.2) is 60.0 Å². The molecule has 2 atom stereocenters. The predicted octanol–water partition coefficient (Wildman–Crippen LogP) is 2.09. The van der Waals surface area contributed by atoms with Crippen LogP contribution in [-0.2, 0) is 14.3 Å². The minimum atomic E-state index is 0.0327. The number of amides is 1. The van der Waals surface area contributed by atoms with Crippen LogP contribution in [0.2, 0.25) is 0 Å². The molecular formula is C17H27N3O4. The van der Waals surface area contributed by atoms with Crippen LogP contribution >= 0.6 is 0 Å². The Labute approximate surface area is 142 Å². The highest BCUT2D eigenvalue weighted by molar-refractivity contribution is 5.77. The monoisotopic (exact) mass is 337 g/mol. The lowest BCUT2D eigenvalue weighted by Crippen LogP contribution is -2.41. The Morgan fingerprint density at radius 3 is 2.96 bits per heavy atom. The van der Waals surface area contributed by atoms with Gasteiger partial charge in [-0.1, -0.05) is 19.0 Å². The van der Waals surface area contributed by atoms with Gasteiger partial charge in [-0.05, 0) is 25.7 Å². The van der Waals surface area contributed by atoms with E-state index in [9.17, 15) is 4.79 Å². The first-order valence-electron chi connectivity index (χ1n) is 8.94. The van der Waals surface area contributed by atoms with Crippen molar-refractivity contribution in [3.63, 3.8) is 0 Å². The van der Waals surface area contributed by atoms with Gasteiger partial charge in [-0.3, -0.25) is 4.79 Å². The molecule has 134 valence electrons. The van der Waals surface area contributed by atoms with Crippen molar-refractivity contribution in [1.29, 1.82) is 0 Å². The Kier molecular flexibility index (Phi) is 5.84. The maximum absolute atomic E-state index is 12.4. The zero-order chi connectivity index (χ0) is 16.9. The van der Waals surface area contributed by atoms with Crippen molar-refractivity contribution in [3.05, 3.63) is 11.7 Å². The van der Waals surface area contributed by atoms with Crippen LogP contribution in [0.1, 0.15) is 63.1 Å².